The lowest BCUT2D eigenvalue weighted by Gasteiger charge is -2.42. The highest BCUT2D eigenvalue weighted by Gasteiger charge is 2.28. The molecule has 0 bridgehead atoms. The van der Waals surface area contributed by atoms with Crippen LogP contribution in [0.4, 0.5) is 0 Å². The zero-order chi connectivity index (χ0) is 12.7. The van der Waals surface area contributed by atoms with E-state index in [-0.39, 0.29) is 0 Å². The van der Waals surface area contributed by atoms with Crippen molar-refractivity contribution in [3.8, 4) is 0 Å². The van der Waals surface area contributed by atoms with Crippen LogP contribution in [0.15, 0.2) is 0 Å². The van der Waals surface area contributed by atoms with Crippen LogP contribution in [-0.4, -0.2) is 50.3 Å². The summed E-state index contributed by atoms with van der Waals surface area (Å²) in [6, 6.07) is 1.39. The van der Waals surface area contributed by atoms with Crippen LogP contribution in [0, 0.1) is 5.92 Å². The first-order chi connectivity index (χ1) is 8.19. The van der Waals surface area contributed by atoms with Gasteiger partial charge in [0, 0.05) is 45.4 Å². The molecule has 0 aliphatic carbocycles. The lowest BCUT2D eigenvalue weighted by molar-refractivity contribution is 0.0829. The van der Waals surface area contributed by atoms with Crippen molar-refractivity contribution >= 4 is 0 Å². The summed E-state index contributed by atoms with van der Waals surface area (Å²) in [7, 11) is 1.79. The predicted octanol–water partition coefficient (Wildman–Crippen LogP) is 2.12. The monoisotopic (exact) mass is 242 g/mol. The predicted molar refractivity (Wildman–Crippen MR) is 73.4 cm³/mol. The van der Waals surface area contributed by atoms with E-state index in [2.05, 4.69) is 31.0 Å². The van der Waals surface area contributed by atoms with Crippen LogP contribution in [0.25, 0.3) is 0 Å². The van der Waals surface area contributed by atoms with Gasteiger partial charge in [0.2, 0.25) is 0 Å². The molecule has 3 nitrogen and oxygen atoms in total. The Bertz CT molecular complexity index is 197. The lowest BCUT2D eigenvalue weighted by Crippen LogP contribution is -2.58. The summed E-state index contributed by atoms with van der Waals surface area (Å²) in [5.74, 6) is 0.729. The molecule has 1 heterocycles. The van der Waals surface area contributed by atoms with Gasteiger partial charge < -0.3 is 10.1 Å². The third-order valence-corrected chi connectivity index (χ3v) is 3.74. The zero-order valence-corrected chi connectivity index (χ0v) is 12.0. The average molecular weight is 242 g/mol. The number of rotatable bonds is 7. The summed E-state index contributed by atoms with van der Waals surface area (Å²) < 4.78 is 5.16. The molecule has 1 aliphatic heterocycles. The molecule has 1 aliphatic rings. The minimum atomic E-state index is 0.692. The molecule has 0 saturated carbocycles. The van der Waals surface area contributed by atoms with Crippen LogP contribution < -0.4 is 5.32 Å². The Balaban J connectivity index is 2.44. The molecule has 1 fully saturated rings. The summed E-state index contributed by atoms with van der Waals surface area (Å²) in [5, 5.41) is 3.70. The highest BCUT2D eigenvalue weighted by atomic mass is 16.5. The Hall–Kier alpha value is -0.120. The number of methoxy groups -OCH3 is 1. The molecular formula is C14H30N2O. The molecular weight excluding hydrogens is 212 g/mol. The topological polar surface area (TPSA) is 24.5 Å². The molecule has 1 N–H and O–H groups in total. The molecule has 1 saturated heterocycles. The van der Waals surface area contributed by atoms with Crippen molar-refractivity contribution in [3.05, 3.63) is 0 Å². The number of ether oxygens (including phenoxy) is 1. The van der Waals surface area contributed by atoms with Crippen LogP contribution >= 0.6 is 0 Å². The van der Waals surface area contributed by atoms with Crippen molar-refractivity contribution in [2.24, 2.45) is 5.92 Å². The molecule has 0 aromatic rings. The molecule has 0 amide bonds. The van der Waals surface area contributed by atoms with E-state index in [0.29, 0.717) is 12.1 Å². The quantitative estimate of drug-likeness (QED) is 0.692. The zero-order valence-electron chi connectivity index (χ0n) is 12.0. The Morgan fingerprint density at radius 2 is 2.18 bits per heavy atom. The van der Waals surface area contributed by atoms with Gasteiger partial charge in [-0.2, -0.15) is 0 Å². The minimum absolute atomic E-state index is 0.692. The normalized spacial score (nSPS) is 26.6. The summed E-state index contributed by atoms with van der Waals surface area (Å²) in [5.41, 5.74) is 0. The van der Waals surface area contributed by atoms with Gasteiger partial charge in [-0.1, -0.05) is 27.2 Å². The van der Waals surface area contributed by atoms with E-state index in [4.69, 9.17) is 4.74 Å². The number of piperazine rings is 1. The Morgan fingerprint density at radius 1 is 1.41 bits per heavy atom. The molecule has 3 heteroatoms. The number of hydrogen-bond acceptors (Lipinski definition) is 3. The van der Waals surface area contributed by atoms with E-state index in [9.17, 15) is 0 Å². The van der Waals surface area contributed by atoms with Crippen LogP contribution in [0.3, 0.4) is 0 Å². The van der Waals surface area contributed by atoms with Gasteiger partial charge in [-0.25, -0.2) is 0 Å². The van der Waals surface area contributed by atoms with Crippen molar-refractivity contribution in [3.63, 3.8) is 0 Å². The second-order valence-electron chi connectivity index (χ2n) is 5.55. The Labute approximate surface area is 107 Å². The van der Waals surface area contributed by atoms with Crippen LogP contribution in [-0.2, 0) is 4.74 Å². The summed E-state index contributed by atoms with van der Waals surface area (Å²) in [6.45, 7) is 11.3. The van der Waals surface area contributed by atoms with E-state index in [1.807, 2.05) is 0 Å². The van der Waals surface area contributed by atoms with Gasteiger partial charge in [-0.3, -0.25) is 4.90 Å². The van der Waals surface area contributed by atoms with Gasteiger partial charge in [-0.15, -0.1) is 0 Å². The van der Waals surface area contributed by atoms with Crippen LogP contribution in [0.1, 0.15) is 40.0 Å². The summed E-state index contributed by atoms with van der Waals surface area (Å²) in [6.07, 6.45) is 3.72. The summed E-state index contributed by atoms with van der Waals surface area (Å²) in [4.78, 5) is 2.67. The van der Waals surface area contributed by atoms with E-state index in [1.54, 1.807) is 7.11 Å². The van der Waals surface area contributed by atoms with E-state index >= 15 is 0 Å². The summed E-state index contributed by atoms with van der Waals surface area (Å²) >= 11 is 0. The van der Waals surface area contributed by atoms with Crippen molar-refractivity contribution in [2.75, 3.05) is 33.4 Å². The number of nitrogens with zero attached hydrogens (tertiary/aromatic N) is 1. The highest BCUT2D eigenvalue weighted by molar-refractivity contribution is 4.87. The first kappa shape index (κ1) is 14.9. The molecule has 0 radical (unpaired) electrons. The third kappa shape index (κ3) is 4.94. The van der Waals surface area contributed by atoms with Gasteiger partial charge in [-0.05, 0) is 18.8 Å². The molecule has 0 aromatic carbocycles. The van der Waals surface area contributed by atoms with Gasteiger partial charge in [0.1, 0.15) is 0 Å². The van der Waals surface area contributed by atoms with E-state index in [1.165, 1.54) is 25.9 Å². The maximum Gasteiger partial charge on any atom is 0.0474 e. The van der Waals surface area contributed by atoms with E-state index in [0.717, 1.165) is 25.5 Å². The van der Waals surface area contributed by atoms with E-state index < -0.39 is 0 Å². The largest absolute Gasteiger partial charge is 0.385 e. The number of nitrogens with one attached hydrogen (secondary N) is 1. The second kappa shape index (κ2) is 8.06. The van der Waals surface area contributed by atoms with Gasteiger partial charge in [0.25, 0.3) is 0 Å². The van der Waals surface area contributed by atoms with Gasteiger partial charge in [0.15, 0.2) is 0 Å². The first-order valence-corrected chi connectivity index (χ1v) is 7.15. The van der Waals surface area contributed by atoms with Crippen LogP contribution in [0.2, 0.25) is 0 Å². The fourth-order valence-corrected chi connectivity index (χ4v) is 2.77. The molecule has 2 atom stereocenters. The maximum absolute atomic E-state index is 5.16. The Kier molecular flexibility index (Phi) is 7.09. The molecule has 0 aromatic heterocycles. The average Bonchev–Trinajstić information content (AvgIpc) is 2.30. The maximum atomic E-state index is 5.16. The number of hydrogen-bond donors (Lipinski definition) is 1. The van der Waals surface area contributed by atoms with Crippen LogP contribution in [0.5, 0.6) is 0 Å². The molecule has 0 spiro atoms. The molecule has 2 unspecified atom stereocenters. The van der Waals surface area contributed by atoms with Crippen molar-refractivity contribution in [1.29, 1.82) is 0 Å². The SMILES string of the molecule is CCCC1CN(CCCOC)C(C(C)C)CN1. The molecule has 102 valence electrons. The molecule has 1 rings (SSSR count). The van der Waals surface area contributed by atoms with Crippen molar-refractivity contribution < 1.29 is 4.74 Å². The lowest BCUT2D eigenvalue weighted by atomic mass is 9.97. The fraction of sp³-hybridized carbons (Fsp3) is 1.00. The first-order valence-electron chi connectivity index (χ1n) is 7.15. The fourth-order valence-electron chi connectivity index (χ4n) is 2.77. The molecule has 17 heavy (non-hydrogen) atoms. The Morgan fingerprint density at radius 3 is 2.76 bits per heavy atom. The second-order valence-corrected chi connectivity index (χ2v) is 5.55. The van der Waals surface area contributed by atoms with Gasteiger partial charge >= 0.3 is 0 Å². The highest BCUT2D eigenvalue weighted by Crippen LogP contribution is 2.17. The van der Waals surface area contributed by atoms with Crippen molar-refractivity contribution in [2.45, 2.75) is 52.1 Å². The standard InChI is InChI=1S/C14H30N2O/c1-5-7-13-11-16(8-6-9-17-4)14(10-15-13)12(2)3/h12-15H,5-11H2,1-4H3. The minimum Gasteiger partial charge on any atom is -0.385 e. The third-order valence-electron chi connectivity index (χ3n) is 3.74. The smallest absolute Gasteiger partial charge is 0.0474 e. The van der Waals surface area contributed by atoms with Gasteiger partial charge in [0.05, 0.1) is 0 Å². The van der Waals surface area contributed by atoms with Crippen molar-refractivity contribution in [1.82, 2.24) is 10.2 Å².